The van der Waals surface area contributed by atoms with Crippen molar-refractivity contribution in [3.05, 3.63) is 0 Å². The molecule has 0 heterocycles. The molecule has 0 aromatic rings. The van der Waals surface area contributed by atoms with Gasteiger partial charge in [0.15, 0.2) is 0 Å². The van der Waals surface area contributed by atoms with Crippen LogP contribution in [0.2, 0.25) is 0 Å². The standard InChI is InChI=1S/C24H44O/c1-3-5-6-7-8-9-19-10-14-23-20(17-19)11-12-21-18-22(25-16-4-2)13-15-24(21)23/h19-24H,3-18H2,1-2H3/t19-,20?,21?,22-,23?,24?/m1/s1. The van der Waals surface area contributed by atoms with Crippen LogP contribution < -0.4 is 0 Å². The van der Waals surface area contributed by atoms with Crippen LogP contribution in [0.4, 0.5) is 0 Å². The summed E-state index contributed by atoms with van der Waals surface area (Å²) in [6, 6.07) is 0. The van der Waals surface area contributed by atoms with Crippen molar-refractivity contribution in [3.63, 3.8) is 0 Å². The second-order valence-electron chi connectivity index (χ2n) is 9.61. The lowest BCUT2D eigenvalue weighted by atomic mass is 9.56. The Morgan fingerprint density at radius 3 is 2.16 bits per heavy atom. The molecule has 0 radical (unpaired) electrons. The third kappa shape index (κ3) is 5.47. The lowest BCUT2D eigenvalue weighted by Gasteiger charge is -2.50. The van der Waals surface area contributed by atoms with Gasteiger partial charge in [-0.05, 0) is 81.0 Å². The molecule has 3 saturated carbocycles. The van der Waals surface area contributed by atoms with E-state index < -0.39 is 0 Å². The maximum Gasteiger partial charge on any atom is 0.0578 e. The number of rotatable bonds is 9. The zero-order chi connectivity index (χ0) is 17.5. The summed E-state index contributed by atoms with van der Waals surface area (Å²) in [5.41, 5.74) is 0. The molecule has 0 amide bonds. The second kappa shape index (κ2) is 10.3. The molecule has 0 aromatic carbocycles. The van der Waals surface area contributed by atoms with Crippen molar-refractivity contribution in [1.82, 2.24) is 0 Å². The number of hydrogen-bond donors (Lipinski definition) is 0. The van der Waals surface area contributed by atoms with E-state index in [0.717, 1.165) is 36.2 Å². The Morgan fingerprint density at radius 1 is 0.680 bits per heavy atom. The molecule has 3 fully saturated rings. The molecule has 1 nitrogen and oxygen atoms in total. The Morgan fingerprint density at radius 2 is 1.40 bits per heavy atom. The molecule has 0 N–H and O–H groups in total. The van der Waals surface area contributed by atoms with Gasteiger partial charge in [0.1, 0.15) is 0 Å². The number of unbranched alkanes of at least 4 members (excludes halogenated alkanes) is 4. The first-order valence-electron chi connectivity index (χ1n) is 11.9. The fourth-order valence-corrected chi connectivity index (χ4v) is 6.58. The van der Waals surface area contributed by atoms with Gasteiger partial charge in [0, 0.05) is 6.61 Å². The van der Waals surface area contributed by atoms with E-state index in [1.54, 1.807) is 25.7 Å². The normalized spacial score (nSPS) is 38.2. The highest BCUT2D eigenvalue weighted by Crippen LogP contribution is 2.53. The van der Waals surface area contributed by atoms with Crippen molar-refractivity contribution in [2.75, 3.05) is 6.61 Å². The highest BCUT2D eigenvalue weighted by atomic mass is 16.5. The fourth-order valence-electron chi connectivity index (χ4n) is 6.58. The van der Waals surface area contributed by atoms with Crippen molar-refractivity contribution in [2.45, 2.75) is 116 Å². The van der Waals surface area contributed by atoms with Gasteiger partial charge in [0.25, 0.3) is 0 Å². The van der Waals surface area contributed by atoms with Gasteiger partial charge in [-0.3, -0.25) is 0 Å². The van der Waals surface area contributed by atoms with Crippen molar-refractivity contribution >= 4 is 0 Å². The van der Waals surface area contributed by atoms with Gasteiger partial charge in [-0.15, -0.1) is 0 Å². The molecule has 0 aromatic heterocycles. The van der Waals surface area contributed by atoms with E-state index in [1.165, 1.54) is 70.6 Å². The zero-order valence-corrected chi connectivity index (χ0v) is 17.2. The molecule has 3 rings (SSSR count). The minimum atomic E-state index is 0.595. The zero-order valence-electron chi connectivity index (χ0n) is 17.2. The fraction of sp³-hybridized carbons (Fsp3) is 1.00. The van der Waals surface area contributed by atoms with E-state index >= 15 is 0 Å². The minimum Gasteiger partial charge on any atom is -0.378 e. The first-order chi connectivity index (χ1) is 12.3. The Kier molecular flexibility index (Phi) is 8.15. The maximum atomic E-state index is 6.11. The summed E-state index contributed by atoms with van der Waals surface area (Å²) in [7, 11) is 0. The average molecular weight is 349 g/mol. The van der Waals surface area contributed by atoms with E-state index in [2.05, 4.69) is 13.8 Å². The van der Waals surface area contributed by atoms with Crippen LogP contribution in [-0.4, -0.2) is 12.7 Å². The largest absolute Gasteiger partial charge is 0.378 e. The van der Waals surface area contributed by atoms with Gasteiger partial charge in [-0.2, -0.15) is 0 Å². The van der Waals surface area contributed by atoms with Gasteiger partial charge in [-0.1, -0.05) is 58.8 Å². The smallest absolute Gasteiger partial charge is 0.0578 e. The molecular weight excluding hydrogens is 304 g/mol. The molecule has 0 saturated heterocycles. The first-order valence-corrected chi connectivity index (χ1v) is 11.9. The van der Waals surface area contributed by atoms with E-state index in [0.29, 0.717) is 6.10 Å². The summed E-state index contributed by atoms with van der Waals surface area (Å²) in [5.74, 6) is 5.31. The van der Waals surface area contributed by atoms with Crippen LogP contribution in [0.1, 0.15) is 110 Å². The Hall–Kier alpha value is -0.0400. The molecule has 0 spiro atoms. The average Bonchev–Trinajstić information content (AvgIpc) is 2.65. The lowest BCUT2D eigenvalue weighted by molar-refractivity contribution is -0.0531. The van der Waals surface area contributed by atoms with Gasteiger partial charge >= 0.3 is 0 Å². The number of fused-ring (bicyclic) bond motifs is 3. The van der Waals surface area contributed by atoms with E-state index in [9.17, 15) is 0 Å². The minimum absolute atomic E-state index is 0.595. The first kappa shape index (κ1) is 19.7. The van der Waals surface area contributed by atoms with Crippen LogP contribution in [-0.2, 0) is 4.74 Å². The SMILES string of the molecule is CCCCCCC[C@@H]1CCC2C(CCC3C[C@H](OCCC)CCC32)C1. The van der Waals surface area contributed by atoms with Crippen LogP contribution in [0.5, 0.6) is 0 Å². The molecule has 0 bridgehead atoms. The van der Waals surface area contributed by atoms with Crippen LogP contribution in [0, 0.1) is 29.6 Å². The molecule has 146 valence electrons. The van der Waals surface area contributed by atoms with Gasteiger partial charge < -0.3 is 4.74 Å². The van der Waals surface area contributed by atoms with Crippen molar-refractivity contribution < 1.29 is 4.74 Å². The maximum absolute atomic E-state index is 6.11. The van der Waals surface area contributed by atoms with Crippen LogP contribution in [0.3, 0.4) is 0 Å². The second-order valence-corrected chi connectivity index (χ2v) is 9.61. The van der Waals surface area contributed by atoms with Crippen LogP contribution in [0.15, 0.2) is 0 Å². The third-order valence-electron chi connectivity index (χ3n) is 7.87. The summed E-state index contributed by atoms with van der Waals surface area (Å²) < 4.78 is 6.11. The molecule has 3 aliphatic rings. The molecule has 4 unspecified atom stereocenters. The summed E-state index contributed by atoms with van der Waals surface area (Å²) in [4.78, 5) is 0. The van der Waals surface area contributed by atoms with Crippen molar-refractivity contribution in [2.24, 2.45) is 29.6 Å². The number of ether oxygens (including phenoxy) is 1. The topological polar surface area (TPSA) is 9.23 Å². The summed E-state index contributed by atoms with van der Waals surface area (Å²) in [6.07, 6.45) is 22.5. The van der Waals surface area contributed by atoms with E-state index in [-0.39, 0.29) is 0 Å². The van der Waals surface area contributed by atoms with E-state index in [4.69, 9.17) is 4.74 Å². The highest BCUT2D eigenvalue weighted by molar-refractivity contribution is 4.94. The van der Waals surface area contributed by atoms with Gasteiger partial charge in [-0.25, -0.2) is 0 Å². The molecule has 1 heteroatoms. The monoisotopic (exact) mass is 348 g/mol. The van der Waals surface area contributed by atoms with Crippen LogP contribution in [0.25, 0.3) is 0 Å². The van der Waals surface area contributed by atoms with E-state index in [1.807, 2.05) is 0 Å². The van der Waals surface area contributed by atoms with Crippen molar-refractivity contribution in [3.8, 4) is 0 Å². The Labute approximate surface area is 157 Å². The lowest BCUT2D eigenvalue weighted by Crippen LogP contribution is -2.42. The Bertz CT molecular complexity index is 365. The summed E-state index contributed by atoms with van der Waals surface area (Å²) >= 11 is 0. The summed E-state index contributed by atoms with van der Waals surface area (Å²) in [6.45, 7) is 5.54. The molecule has 0 aliphatic heterocycles. The Balaban J connectivity index is 1.41. The predicted molar refractivity (Wildman–Crippen MR) is 108 cm³/mol. The quantitative estimate of drug-likeness (QED) is 0.395. The molecule has 6 atom stereocenters. The van der Waals surface area contributed by atoms with Gasteiger partial charge in [0.2, 0.25) is 0 Å². The number of hydrogen-bond acceptors (Lipinski definition) is 1. The highest BCUT2D eigenvalue weighted by Gasteiger charge is 2.44. The van der Waals surface area contributed by atoms with Crippen molar-refractivity contribution in [1.29, 1.82) is 0 Å². The van der Waals surface area contributed by atoms with Crippen LogP contribution >= 0.6 is 0 Å². The summed E-state index contributed by atoms with van der Waals surface area (Å²) in [5, 5.41) is 0. The molecule has 3 aliphatic carbocycles. The molecular formula is C24H44O. The molecule has 25 heavy (non-hydrogen) atoms. The predicted octanol–water partition coefficient (Wildman–Crippen LogP) is 7.38. The third-order valence-corrected chi connectivity index (χ3v) is 7.87. The van der Waals surface area contributed by atoms with Gasteiger partial charge in [0.05, 0.1) is 6.10 Å².